The molecular weight excluding hydrogens is 216 g/mol. The van der Waals surface area contributed by atoms with Crippen molar-refractivity contribution in [2.24, 2.45) is 5.92 Å². The van der Waals surface area contributed by atoms with Crippen LogP contribution in [0.1, 0.15) is 13.8 Å². The summed E-state index contributed by atoms with van der Waals surface area (Å²) in [6.07, 6.45) is 0. The fraction of sp³-hybridized carbons (Fsp3) is 0.800. The lowest BCUT2D eigenvalue weighted by Crippen LogP contribution is -1.81. The topological polar surface area (TPSA) is 23.8 Å². The summed E-state index contributed by atoms with van der Waals surface area (Å²) in [6.45, 7) is 3.72. The van der Waals surface area contributed by atoms with Crippen molar-refractivity contribution in [1.82, 2.24) is 0 Å². The van der Waals surface area contributed by atoms with Crippen molar-refractivity contribution in [2.45, 2.75) is 17.1 Å². The molecule has 1 nitrogen and oxygen atoms in total. The van der Waals surface area contributed by atoms with Crippen molar-refractivity contribution in [3.8, 4) is 6.07 Å². The summed E-state index contributed by atoms with van der Waals surface area (Å²) in [6, 6.07) is 2.03. The molecule has 0 atom stereocenters. The number of nitriles is 1. The predicted octanol–water partition coefficient (Wildman–Crippen LogP) is 3.72. The first-order chi connectivity index (χ1) is 4.27. The van der Waals surface area contributed by atoms with Crippen molar-refractivity contribution in [3.05, 3.63) is 0 Å². The Kier molecular flexibility index (Phi) is 8.44. The minimum atomic E-state index is -1.61. The molecule has 0 aromatic rings. The van der Waals surface area contributed by atoms with E-state index >= 15 is 0 Å². The number of hydrogen-bond acceptors (Lipinski definition) is 1. The van der Waals surface area contributed by atoms with Gasteiger partial charge in [0.05, 0.1) is 6.07 Å². The van der Waals surface area contributed by atoms with Gasteiger partial charge in [-0.2, -0.15) is 5.26 Å². The molecule has 0 saturated heterocycles. The maximum atomic E-state index is 7.89. The highest BCUT2D eigenvalue weighted by Gasteiger charge is 2.11. The largest absolute Gasteiger partial charge is 0.266 e. The average Bonchev–Trinajstić information content (AvgIpc) is 1.61. The Hall–Kier alpha value is 0.650. The number of hydrogen-bond donors (Lipinski definition) is 0. The maximum absolute atomic E-state index is 7.89. The first-order valence-corrected chi connectivity index (χ1v) is 3.93. The van der Waals surface area contributed by atoms with Gasteiger partial charge in [0.2, 0.25) is 0 Å². The summed E-state index contributed by atoms with van der Waals surface area (Å²) < 4.78 is -1.61. The molecule has 0 heterocycles. The Morgan fingerprint density at radius 2 is 1.30 bits per heavy atom. The van der Waals surface area contributed by atoms with E-state index in [1.807, 2.05) is 19.9 Å². The molecule has 0 rings (SSSR count). The number of nitrogens with zero attached hydrogens (tertiary/aromatic N) is 1. The minimum absolute atomic E-state index is 0.190. The molecule has 0 saturated carbocycles. The van der Waals surface area contributed by atoms with Crippen molar-refractivity contribution in [3.63, 3.8) is 0 Å². The van der Waals surface area contributed by atoms with Gasteiger partial charge in [-0.05, 0) is 13.8 Å². The molecule has 0 aromatic heterocycles. The van der Waals surface area contributed by atoms with Crippen LogP contribution in [0.25, 0.3) is 0 Å². The van der Waals surface area contributed by atoms with Crippen molar-refractivity contribution in [2.75, 3.05) is 0 Å². The summed E-state index contributed by atoms with van der Waals surface area (Å²) in [7, 11) is 0. The van der Waals surface area contributed by atoms with Crippen molar-refractivity contribution >= 4 is 46.4 Å². The fourth-order valence-corrected chi connectivity index (χ4v) is 0. The molecule has 0 aliphatic heterocycles. The van der Waals surface area contributed by atoms with E-state index in [1.54, 1.807) is 0 Å². The second-order valence-electron chi connectivity index (χ2n) is 1.71. The molecule has 60 valence electrons. The zero-order valence-electron chi connectivity index (χ0n) is 5.54. The molecule has 0 unspecified atom stereocenters. The van der Waals surface area contributed by atoms with Gasteiger partial charge in [0.15, 0.2) is 0 Å². The second-order valence-corrected chi connectivity index (χ2v) is 5.14. The summed E-state index contributed by atoms with van der Waals surface area (Å²) in [5.74, 6) is 0.190. The molecule has 0 aliphatic carbocycles. The molecule has 0 radical (unpaired) electrons. The van der Waals surface area contributed by atoms with Crippen LogP contribution in [0.4, 0.5) is 0 Å². The summed E-state index contributed by atoms with van der Waals surface area (Å²) in [5.41, 5.74) is 0. The molecule has 0 N–H and O–H groups in total. The summed E-state index contributed by atoms with van der Waals surface area (Å²) in [5, 5.41) is 7.89. The van der Waals surface area contributed by atoms with E-state index in [2.05, 4.69) is 0 Å². The molecular formula is C5H7Cl4N. The van der Waals surface area contributed by atoms with Crippen LogP contribution < -0.4 is 0 Å². The molecule has 0 fully saturated rings. The van der Waals surface area contributed by atoms with Gasteiger partial charge < -0.3 is 0 Å². The van der Waals surface area contributed by atoms with Crippen LogP contribution in [-0.2, 0) is 0 Å². The molecule has 0 aliphatic rings. The third-order valence-electron chi connectivity index (χ3n) is 0.258. The normalized spacial score (nSPS) is 9.80. The fourth-order valence-electron chi connectivity index (χ4n) is 0. The zero-order chi connectivity index (χ0) is 8.78. The van der Waals surface area contributed by atoms with E-state index in [1.165, 1.54) is 0 Å². The highest BCUT2D eigenvalue weighted by atomic mass is 35.6. The average molecular weight is 223 g/mol. The highest BCUT2D eigenvalue weighted by molar-refractivity contribution is 6.83. The Morgan fingerprint density at radius 1 is 1.20 bits per heavy atom. The molecule has 0 aromatic carbocycles. The lowest BCUT2D eigenvalue weighted by molar-refractivity contribution is 0.849. The van der Waals surface area contributed by atoms with E-state index in [4.69, 9.17) is 51.7 Å². The van der Waals surface area contributed by atoms with E-state index in [0.717, 1.165) is 0 Å². The van der Waals surface area contributed by atoms with Crippen LogP contribution >= 0.6 is 46.4 Å². The van der Waals surface area contributed by atoms with Crippen molar-refractivity contribution < 1.29 is 0 Å². The number of halogens is 4. The van der Waals surface area contributed by atoms with Gasteiger partial charge in [-0.25, -0.2) is 0 Å². The smallest absolute Gasteiger partial charge is 0.198 e. The number of alkyl halides is 4. The molecule has 5 heteroatoms. The standard InChI is InChI=1S/C4H7N.CCl4/c1-4(2)3-5;2-1(3,4)5/h4H,1-2H3;. The highest BCUT2D eigenvalue weighted by Crippen LogP contribution is 2.29. The molecule has 0 spiro atoms. The van der Waals surface area contributed by atoms with Crippen LogP contribution in [0.2, 0.25) is 0 Å². The van der Waals surface area contributed by atoms with Gasteiger partial charge in [0, 0.05) is 5.92 Å². The third-order valence-corrected chi connectivity index (χ3v) is 0.258. The third kappa shape index (κ3) is 72.1. The van der Waals surface area contributed by atoms with E-state index in [9.17, 15) is 0 Å². The Labute approximate surface area is 80.8 Å². The number of rotatable bonds is 0. The van der Waals surface area contributed by atoms with Gasteiger partial charge >= 0.3 is 0 Å². The van der Waals surface area contributed by atoms with E-state index < -0.39 is 3.25 Å². The monoisotopic (exact) mass is 221 g/mol. The predicted molar refractivity (Wildman–Crippen MR) is 46.6 cm³/mol. The summed E-state index contributed by atoms with van der Waals surface area (Å²) >= 11 is 19.3. The Bertz CT molecular complexity index is 104. The van der Waals surface area contributed by atoms with E-state index in [0.29, 0.717) is 0 Å². The van der Waals surface area contributed by atoms with Gasteiger partial charge in [-0.1, -0.05) is 46.4 Å². The minimum Gasteiger partial charge on any atom is -0.198 e. The van der Waals surface area contributed by atoms with Crippen LogP contribution in [0.3, 0.4) is 0 Å². The SMILES string of the molecule is CC(C)C#N.ClC(Cl)(Cl)Cl. The molecule has 0 amide bonds. The Balaban J connectivity index is 0. The molecule has 0 bridgehead atoms. The molecule has 10 heavy (non-hydrogen) atoms. The lowest BCUT2D eigenvalue weighted by atomic mass is 10.3. The Morgan fingerprint density at radius 3 is 1.30 bits per heavy atom. The van der Waals surface area contributed by atoms with Crippen LogP contribution in [0, 0.1) is 17.2 Å². The van der Waals surface area contributed by atoms with Gasteiger partial charge in [-0.15, -0.1) is 0 Å². The first-order valence-electron chi connectivity index (χ1n) is 2.42. The van der Waals surface area contributed by atoms with Gasteiger partial charge in [0.25, 0.3) is 3.25 Å². The lowest BCUT2D eigenvalue weighted by Gasteiger charge is -1.91. The van der Waals surface area contributed by atoms with Crippen LogP contribution in [0.15, 0.2) is 0 Å². The van der Waals surface area contributed by atoms with Gasteiger partial charge in [0.1, 0.15) is 0 Å². The second kappa shape index (κ2) is 6.37. The quantitative estimate of drug-likeness (QED) is 0.574. The van der Waals surface area contributed by atoms with Crippen molar-refractivity contribution in [1.29, 1.82) is 5.26 Å². The van der Waals surface area contributed by atoms with Gasteiger partial charge in [-0.3, -0.25) is 0 Å². The van der Waals surface area contributed by atoms with E-state index in [-0.39, 0.29) is 5.92 Å². The maximum Gasteiger partial charge on any atom is 0.266 e. The van der Waals surface area contributed by atoms with Crippen LogP contribution in [-0.4, -0.2) is 3.25 Å². The first kappa shape index (κ1) is 13.3. The van der Waals surface area contributed by atoms with Crippen LogP contribution in [0.5, 0.6) is 0 Å². The summed E-state index contributed by atoms with van der Waals surface area (Å²) in [4.78, 5) is 0. The zero-order valence-corrected chi connectivity index (χ0v) is 8.56.